The first kappa shape index (κ1) is 25.8. The van der Waals surface area contributed by atoms with Gasteiger partial charge in [-0.2, -0.15) is 0 Å². The number of rotatable bonds is 5. The van der Waals surface area contributed by atoms with E-state index in [0.29, 0.717) is 38.2 Å². The number of benzene rings is 3. The molecule has 6 rings (SSSR count). The van der Waals surface area contributed by atoms with Crippen LogP contribution in [0.2, 0.25) is 5.02 Å². The summed E-state index contributed by atoms with van der Waals surface area (Å²) < 4.78 is 30.6. The third kappa shape index (κ3) is 5.12. The Kier molecular flexibility index (Phi) is 7.01. The summed E-state index contributed by atoms with van der Waals surface area (Å²) in [4.78, 5) is 19.0. The van der Waals surface area contributed by atoms with Crippen molar-refractivity contribution < 1.29 is 13.9 Å². The summed E-state index contributed by atoms with van der Waals surface area (Å²) in [6.07, 6.45) is 2.20. The molecule has 9 heteroatoms. The first-order chi connectivity index (χ1) is 18.9. The Morgan fingerprint density at radius 1 is 0.872 bits per heavy atom. The van der Waals surface area contributed by atoms with Crippen molar-refractivity contribution >= 4 is 33.9 Å². The highest BCUT2D eigenvalue weighted by Gasteiger charge is 2.25. The second-order valence-corrected chi connectivity index (χ2v) is 10.6. The van der Waals surface area contributed by atoms with Crippen molar-refractivity contribution in [2.75, 3.05) is 49.1 Å². The van der Waals surface area contributed by atoms with E-state index in [-0.39, 0.29) is 33.4 Å². The molecule has 1 atom stereocenters. The molecule has 1 aromatic heterocycles. The van der Waals surface area contributed by atoms with Gasteiger partial charge < -0.3 is 19.5 Å². The largest absolute Gasteiger partial charge is 0.392 e. The van der Waals surface area contributed by atoms with Gasteiger partial charge in [0, 0.05) is 69.5 Å². The minimum atomic E-state index is -0.527. The molecule has 2 saturated heterocycles. The number of nitrogens with zero attached hydrogens (tertiary/aromatic N) is 4. The molecule has 39 heavy (non-hydrogen) atoms. The van der Waals surface area contributed by atoms with E-state index < -0.39 is 5.82 Å². The molecular formula is C30H29ClF2N4O2. The maximum atomic E-state index is 15.5. The zero-order valence-electron chi connectivity index (χ0n) is 21.4. The van der Waals surface area contributed by atoms with Gasteiger partial charge in [0.25, 0.3) is 0 Å². The zero-order chi connectivity index (χ0) is 27.1. The second kappa shape index (κ2) is 10.6. The Bertz CT molecular complexity index is 1550. The van der Waals surface area contributed by atoms with Gasteiger partial charge in [-0.3, -0.25) is 9.69 Å². The standard InChI is InChI=1S/C30H29ClF2N4O2/c31-28-29-25(17-26(33)30(28)36-15-13-35(14-16-36)22-7-3-21(32)4-8-22)27(39)10-12-37(29)23-5-1-20(2-6-23)18-34-11-9-24(38)19-34/h1-8,10,12,17,24,38H,9,11,13-16,18-19H2/t24-/m0/s1. The first-order valence-corrected chi connectivity index (χ1v) is 13.5. The van der Waals surface area contributed by atoms with Crippen LogP contribution in [0, 0.1) is 11.6 Å². The average Bonchev–Trinajstić information content (AvgIpc) is 3.35. The molecule has 0 amide bonds. The van der Waals surface area contributed by atoms with Gasteiger partial charge in [-0.15, -0.1) is 0 Å². The van der Waals surface area contributed by atoms with Crippen molar-refractivity contribution in [1.29, 1.82) is 0 Å². The molecule has 2 fully saturated rings. The maximum Gasteiger partial charge on any atom is 0.189 e. The molecule has 0 aliphatic carbocycles. The van der Waals surface area contributed by atoms with Crippen LogP contribution in [0.4, 0.5) is 20.2 Å². The highest BCUT2D eigenvalue weighted by atomic mass is 35.5. The molecule has 3 aromatic carbocycles. The van der Waals surface area contributed by atoms with E-state index in [4.69, 9.17) is 11.6 Å². The highest BCUT2D eigenvalue weighted by molar-refractivity contribution is 6.38. The van der Waals surface area contributed by atoms with Crippen LogP contribution in [-0.2, 0) is 6.54 Å². The van der Waals surface area contributed by atoms with Crippen LogP contribution in [0.3, 0.4) is 0 Å². The molecule has 6 nitrogen and oxygen atoms in total. The summed E-state index contributed by atoms with van der Waals surface area (Å²) in [7, 11) is 0. The van der Waals surface area contributed by atoms with E-state index in [9.17, 15) is 14.3 Å². The lowest BCUT2D eigenvalue weighted by atomic mass is 10.1. The topological polar surface area (TPSA) is 52.0 Å². The van der Waals surface area contributed by atoms with Gasteiger partial charge in [0.15, 0.2) is 5.43 Å². The quantitative estimate of drug-likeness (QED) is 0.386. The molecule has 0 saturated carbocycles. The van der Waals surface area contributed by atoms with Gasteiger partial charge >= 0.3 is 0 Å². The fraction of sp³-hybridized carbons (Fsp3) is 0.300. The Balaban J connectivity index is 1.30. The fourth-order valence-electron chi connectivity index (χ4n) is 5.65. The monoisotopic (exact) mass is 550 g/mol. The number of anilines is 2. The number of β-amino-alcohol motifs (C(OH)–C–C–N with tert-alkyl or cyclic N) is 1. The van der Waals surface area contributed by atoms with E-state index in [1.807, 2.05) is 33.7 Å². The molecule has 2 aliphatic rings. The van der Waals surface area contributed by atoms with Crippen molar-refractivity contribution in [3.8, 4) is 5.69 Å². The number of hydrogen-bond donors (Lipinski definition) is 1. The Hall–Kier alpha value is -3.46. The fourth-order valence-corrected chi connectivity index (χ4v) is 6.05. The molecule has 4 aromatic rings. The summed E-state index contributed by atoms with van der Waals surface area (Å²) in [6.45, 7) is 4.59. The van der Waals surface area contributed by atoms with Crippen LogP contribution in [-0.4, -0.2) is 59.9 Å². The molecule has 2 aliphatic heterocycles. The smallest absolute Gasteiger partial charge is 0.189 e. The third-order valence-electron chi connectivity index (χ3n) is 7.71. The molecule has 0 spiro atoms. The second-order valence-electron chi connectivity index (χ2n) is 10.3. The minimum Gasteiger partial charge on any atom is -0.392 e. The van der Waals surface area contributed by atoms with Gasteiger partial charge in [0.05, 0.1) is 27.7 Å². The molecule has 1 N–H and O–H groups in total. The van der Waals surface area contributed by atoms with Crippen molar-refractivity contribution in [3.63, 3.8) is 0 Å². The molecule has 0 unspecified atom stereocenters. The van der Waals surface area contributed by atoms with Crippen molar-refractivity contribution in [2.45, 2.75) is 19.1 Å². The van der Waals surface area contributed by atoms with E-state index in [0.717, 1.165) is 36.4 Å². The molecule has 202 valence electrons. The molecular weight excluding hydrogens is 522 g/mol. The lowest BCUT2D eigenvalue weighted by Gasteiger charge is -2.38. The van der Waals surface area contributed by atoms with Crippen LogP contribution >= 0.6 is 11.6 Å². The summed E-state index contributed by atoms with van der Waals surface area (Å²) in [5.41, 5.74) is 3.31. The van der Waals surface area contributed by atoms with E-state index >= 15 is 4.39 Å². The maximum absolute atomic E-state index is 15.5. The van der Waals surface area contributed by atoms with Gasteiger partial charge in [-0.05, 0) is 54.4 Å². The number of hydrogen-bond acceptors (Lipinski definition) is 5. The predicted molar refractivity (Wildman–Crippen MR) is 151 cm³/mol. The summed E-state index contributed by atoms with van der Waals surface area (Å²) in [5, 5.41) is 10.2. The summed E-state index contributed by atoms with van der Waals surface area (Å²) in [5.74, 6) is -0.810. The predicted octanol–water partition coefficient (Wildman–Crippen LogP) is 4.82. The molecule has 0 bridgehead atoms. The van der Waals surface area contributed by atoms with E-state index in [1.54, 1.807) is 18.3 Å². The number of aromatic nitrogens is 1. The average molecular weight is 551 g/mol. The number of fused-ring (bicyclic) bond motifs is 1. The Labute approximate surface area is 230 Å². The lowest BCUT2D eigenvalue weighted by molar-refractivity contribution is 0.175. The van der Waals surface area contributed by atoms with Crippen LogP contribution in [0.25, 0.3) is 16.6 Å². The van der Waals surface area contributed by atoms with Crippen LogP contribution in [0.15, 0.2) is 71.7 Å². The zero-order valence-corrected chi connectivity index (χ0v) is 22.1. The number of likely N-dealkylation sites (tertiary alicyclic amines) is 1. The number of pyridine rings is 1. The lowest BCUT2D eigenvalue weighted by Crippen LogP contribution is -2.47. The van der Waals surface area contributed by atoms with Gasteiger partial charge in [0.1, 0.15) is 11.6 Å². The Morgan fingerprint density at radius 2 is 1.54 bits per heavy atom. The third-order valence-corrected chi connectivity index (χ3v) is 8.06. The Morgan fingerprint density at radius 3 is 2.21 bits per heavy atom. The van der Waals surface area contributed by atoms with Crippen molar-refractivity contribution in [1.82, 2.24) is 9.47 Å². The van der Waals surface area contributed by atoms with Crippen LogP contribution in [0.5, 0.6) is 0 Å². The van der Waals surface area contributed by atoms with E-state index in [1.165, 1.54) is 24.3 Å². The van der Waals surface area contributed by atoms with Gasteiger partial charge in [-0.25, -0.2) is 8.78 Å². The van der Waals surface area contributed by atoms with Crippen LogP contribution < -0.4 is 15.2 Å². The molecule has 3 heterocycles. The number of piperazine rings is 1. The summed E-state index contributed by atoms with van der Waals surface area (Å²) >= 11 is 6.91. The van der Waals surface area contributed by atoms with Crippen molar-refractivity contribution in [3.05, 3.63) is 99.3 Å². The van der Waals surface area contributed by atoms with Crippen LogP contribution in [0.1, 0.15) is 12.0 Å². The highest BCUT2D eigenvalue weighted by Crippen LogP contribution is 2.37. The van der Waals surface area contributed by atoms with E-state index in [2.05, 4.69) is 9.80 Å². The first-order valence-electron chi connectivity index (χ1n) is 13.2. The van der Waals surface area contributed by atoms with Gasteiger partial charge in [-0.1, -0.05) is 23.7 Å². The number of halogens is 3. The normalized spacial score (nSPS) is 18.3. The SMILES string of the molecule is O=c1ccn(-c2ccc(CN3CC[C@H](O)C3)cc2)c2c(Cl)c(N3CCN(c4ccc(F)cc4)CC3)c(F)cc12. The number of aliphatic hydroxyl groups is 1. The van der Waals surface area contributed by atoms with Gasteiger partial charge in [0.2, 0.25) is 0 Å². The number of aliphatic hydroxyl groups excluding tert-OH is 1. The molecule has 0 radical (unpaired) electrons. The minimum absolute atomic E-state index is 0.202. The van der Waals surface area contributed by atoms with Crippen molar-refractivity contribution in [2.24, 2.45) is 0 Å². The summed E-state index contributed by atoms with van der Waals surface area (Å²) in [6, 6.07) is 17.1.